The topological polar surface area (TPSA) is 86.6 Å². The molecular formula is C16H15Cl2NO4. The van der Waals surface area contributed by atoms with Crippen LogP contribution in [0.2, 0.25) is 10.0 Å². The maximum Gasteiger partial charge on any atom is 0.414 e. The second-order valence-electron chi connectivity index (χ2n) is 4.44. The van der Waals surface area contributed by atoms with E-state index in [0.717, 1.165) is 18.7 Å². The number of hydrogen-bond acceptors (Lipinski definition) is 3. The van der Waals surface area contributed by atoms with Gasteiger partial charge >= 0.3 is 11.9 Å². The Balaban J connectivity index is 0.000000379. The van der Waals surface area contributed by atoms with Gasteiger partial charge in [0.25, 0.3) is 0 Å². The molecule has 0 spiro atoms. The molecule has 0 aromatic heterocycles. The molecule has 0 unspecified atom stereocenters. The highest BCUT2D eigenvalue weighted by Gasteiger charge is 2.04. The molecule has 0 fully saturated rings. The van der Waals surface area contributed by atoms with Crippen LogP contribution in [-0.4, -0.2) is 22.2 Å². The molecule has 2 aromatic rings. The number of carboxylic acid groups (broad SMARTS) is 2. The van der Waals surface area contributed by atoms with Gasteiger partial charge in [0.15, 0.2) is 0 Å². The zero-order valence-corrected chi connectivity index (χ0v) is 13.5. The molecule has 2 aromatic carbocycles. The summed E-state index contributed by atoms with van der Waals surface area (Å²) in [6.07, 6.45) is 0. The minimum atomic E-state index is -1.82. The quantitative estimate of drug-likeness (QED) is 0.731. The number of halogens is 2. The zero-order valence-electron chi connectivity index (χ0n) is 12.0. The van der Waals surface area contributed by atoms with Crippen molar-refractivity contribution in [1.82, 2.24) is 5.32 Å². The van der Waals surface area contributed by atoms with Crippen LogP contribution in [0.1, 0.15) is 11.1 Å². The van der Waals surface area contributed by atoms with Crippen molar-refractivity contribution in [2.75, 3.05) is 0 Å². The number of hydrogen-bond donors (Lipinski definition) is 3. The Labute approximate surface area is 143 Å². The van der Waals surface area contributed by atoms with Crippen LogP contribution in [0.15, 0.2) is 48.5 Å². The summed E-state index contributed by atoms with van der Waals surface area (Å²) < 4.78 is 0. The number of nitrogens with one attached hydrogen (secondary N) is 1. The minimum absolute atomic E-state index is 0.668. The lowest BCUT2D eigenvalue weighted by Crippen LogP contribution is -2.12. The van der Waals surface area contributed by atoms with Crippen molar-refractivity contribution in [3.63, 3.8) is 0 Å². The van der Waals surface area contributed by atoms with Gasteiger partial charge in [-0.3, -0.25) is 0 Å². The molecule has 2 rings (SSSR count). The summed E-state index contributed by atoms with van der Waals surface area (Å²) >= 11 is 11.9. The van der Waals surface area contributed by atoms with Crippen molar-refractivity contribution in [1.29, 1.82) is 0 Å². The molecule has 0 saturated carbocycles. The van der Waals surface area contributed by atoms with Crippen LogP contribution in [0.4, 0.5) is 0 Å². The van der Waals surface area contributed by atoms with Crippen molar-refractivity contribution in [3.8, 4) is 0 Å². The second-order valence-corrected chi connectivity index (χ2v) is 5.28. The van der Waals surface area contributed by atoms with Gasteiger partial charge in [-0.05, 0) is 23.3 Å². The molecule has 7 heteroatoms. The van der Waals surface area contributed by atoms with E-state index in [-0.39, 0.29) is 0 Å². The van der Waals surface area contributed by atoms with Gasteiger partial charge in [0, 0.05) is 23.1 Å². The molecule has 122 valence electrons. The summed E-state index contributed by atoms with van der Waals surface area (Å²) in [5.74, 6) is -3.65. The van der Waals surface area contributed by atoms with Gasteiger partial charge in [-0.1, -0.05) is 59.6 Å². The molecule has 0 amide bonds. The first-order chi connectivity index (χ1) is 10.9. The normalized spacial score (nSPS) is 9.65. The molecule has 5 nitrogen and oxygen atoms in total. The van der Waals surface area contributed by atoms with Crippen molar-refractivity contribution in [3.05, 3.63) is 69.7 Å². The first-order valence-electron chi connectivity index (χ1n) is 6.55. The third-order valence-electron chi connectivity index (χ3n) is 2.69. The van der Waals surface area contributed by atoms with E-state index >= 15 is 0 Å². The lowest BCUT2D eigenvalue weighted by molar-refractivity contribution is -0.159. The Morgan fingerprint density at radius 1 is 0.913 bits per heavy atom. The average molecular weight is 356 g/mol. The summed E-state index contributed by atoms with van der Waals surface area (Å²) in [4.78, 5) is 18.2. The fourth-order valence-corrected chi connectivity index (χ4v) is 2.08. The maximum absolute atomic E-state index is 9.10. The van der Waals surface area contributed by atoms with E-state index in [0.29, 0.717) is 10.0 Å². The highest BCUT2D eigenvalue weighted by molar-refractivity contribution is 6.35. The third kappa shape index (κ3) is 7.65. The molecule has 0 heterocycles. The number of benzene rings is 2. The van der Waals surface area contributed by atoms with Crippen LogP contribution in [0, 0.1) is 0 Å². The van der Waals surface area contributed by atoms with Gasteiger partial charge in [-0.25, -0.2) is 9.59 Å². The predicted octanol–water partition coefficient (Wildman–Crippen LogP) is 3.44. The van der Waals surface area contributed by atoms with E-state index < -0.39 is 11.9 Å². The van der Waals surface area contributed by atoms with Crippen LogP contribution < -0.4 is 5.32 Å². The number of carboxylic acids is 2. The predicted molar refractivity (Wildman–Crippen MR) is 88.7 cm³/mol. The Kier molecular flexibility index (Phi) is 8.11. The van der Waals surface area contributed by atoms with E-state index in [1.807, 2.05) is 30.3 Å². The summed E-state index contributed by atoms with van der Waals surface area (Å²) in [6, 6.07) is 15.8. The van der Waals surface area contributed by atoms with E-state index in [2.05, 4.69) is 17.4 Å². The van der Waals surface area contributed by atoms with Crippen LogP contribution in [-0.2, 0) is 22.7 Å². The van der Waals surface area contributed by atoms with Crippen molar-refractivity contribution in [2.45, 2.75) is 13.1 Å². The minimum Gasteiger partial charge on any atom is -0.473 e. The highest BCUT2D eigenvalue weighted by Crippen LogP contribution is 2.20. The van der Waals surface area contributed by atoms with Gasteiger partial charge in [-0.2, -0.15) is 0 Å². The Bertz CT molecular complexity index is 650. The first-order valence-corrected chi connectivity index (χ1v) is 7.30. The van der Waals surface area contributed by atoms with Gasteiger partial charge in [-0.15, -0.1) is 0 Å². The maximum atomic E-state index is 9.10. The van der Waals surface area contributed by atoms with Crippen molar-refractivity contribution in [2.24, 2.45) is 0 Å². The van der Waals surface area contributed by atoms with Gasteiger partial charge in [0.2, 0.25) is 0 Å². The monoisotopic (exact) mass is 355 g/mol. The molecule has 0 radical (unpaired) electrons. The molecule has 0 aliphatic heterocycles. The molecule has 0 aliphatic rings. The van der Waals surface area contributed by atoms with E-state index in [1.165, 1.54) is 5.56 Å². The molecule has 0 saturated heterocycles. The third-order valence-corrected chi connectivity index (χ3v) is 3.27. The lowest BCUT2D eigenvalue weighted by atomic mass is 10.2. The summed E-state index contributed by atoms with van der Waals surface area (Å²) in [5, 5.41) is 19.5. The van der Waals surface area contributed by atoms with Crippen molar-refractivity contribution < 1.29 is 19.8 Å². The largest absolute Gasteiger partial charge is 0.473 e. The smallest absolute Gasteiger partial charge is 0.414 e. The Hall–Kier alpha value is -2.08. The van der Waals surface area contributed by atoms with Crippen LogP contribution in [0.3, 0.4) is 0 Å². The standard InChI is InChI=1S/C14H13Cl2N.C2H2O4/c15-13-7-6-12(14(16)8-13)10-17-9-11-4-2-1-3-5-11;3-1(4)2(5)6/h1-8,17H,9-10H2;(H,3,4)(H,5,6). The van der Waals surface area contributed by atoms with E-state index in [1.54, 1.807) is 6.07 Å². The van der Waals surface area contributed by atoms with Crippen molar-refractivity contribution >= 4 is 35.1 Å². The Morgan fingerprint density at radius 2 is 1.52 bits per heavy atom. The van der Waals surface area contributed by atoms with Crippen LogP contribution in [0.25, 0.3) is 0 Å². The fraction of sp³-hybridized carbons (Fsp3) is 0.125. The van der Waals surface area contributed by atoms with Gasteiger partial charge in [0.05, 0.1) is 0 Å². The number of carbonyl (C=O) groups is 2. The Morgan fingerprint density at radius 3 is 2.04 bits per heavy atom. The summed E-state index contributed by atoms with van der Waals surface area (Å²) in [5.41, 5.74) is 2.32. The van der Waals surface area contributed by atoms with Gasteiger partial charge < -0.3 is 15.5 Å². The fourth-order valence-electron chi connectivity index (χ4n) is 1.60. The van der Waals surface area contributed by atoms with Crippen LogP contribution in [0.5, 0.6) is 0 Å². The number of aliphatic carboxylic acids is 2. The average Bonchev–Trinajstić information content (AvgIpc) is 2.51. The molecule has 0 aliphatic carbocycles. The van der Waals surface area contributed by atoms with Gasteiger partial charge in [0.1, 0.15) is 0 Å². The highest BCUT2D eigenvalue weighted by atomic mass is 35.5. The van der Waals surface area contributed by atoms with Crippen LogP contribution >= 0.6 is 23.2 Å². The zero-order chi connectivity index (χ0) is 17.2. The van der Waals surface area contributed by atoms with E-state index in [9.17, 15) is 0 Å². The summed E-state index contributed by atoms with van der Waals surface area (Å²) in [6.45, 7) is 1.57. The first kappa shape index (κ1) is 19.0. The van der Waals surface area contributed by atoms with E-state index in [4.69, 9.17) is 43.0 Å². The number of rotatable bonds is 4. The SMILES string of the molecule is Clc1ccc(CNCc2ccccc2)c(Cl)c1.O=C(O)C(=O)O. The molecule has 3 N–H and O–H groups in total. The second kappa shape index (κ2) is 9.84. The molecule has 0 atom stereocenters. The molecule has 0 bridgehead atoms. The molecular weight excluding hydrogens is 341 g/mol. The summed E-state index contributed by atoms with van der Waals surface area (Å²) in [7, 11) is 0. The molecule has 23 heavy (non-hydrogen) atoms. The lowest BCUT2D eigenvalue weighted by Gasteiger charge is -2.07.